The summed E-state index contributed by atoms with van der Waals surface area (Å²) in [7, 11) is 0. The smallest absolute Gasteiger partial charge is 0.281 e. The average molecular weight is 722 g/mol. The number of carbonyl (C=O) groups excluding carboxylic acids is 1. The summed E-state index contributed by atoms with van der Waals surface area (Å²) in [6, 6.07) is 28.7. The van der Waals surface area contributed by atoms with Gasteiger partial charge in [0.05, 0.1) is 17.8 Å². The lowest BCUT2D eigenvalue weighted by Gasteiger charge is -2.35. The second kappa shape index (κ2) is 16.5. The fourth-order valence-corrected chi connectivity index (χ4v) is 7.81. The molecule has 3 aromatic carbocycles. The molecular formula is C43H49F2N5O3. The van der Waals surface area contributed by atoms with Crippen molar-refractivity contribution in [1.82, 2.24) is 20.1 Å². The van der Waals surface area contributed by atoms with E-state index < -0.39 is 12.5 Å². The van der Waals surface area contributed by atoms with Crippen molar-refractivity contribution < 1.29 is 23.4 Å². The van der Waals surface area contributed by atoms with Crippen molar-refractivity contribution in [3.05, 3.63) is 119 Å². The van der Waals surface area contributed by atoms with Crippen molar-refractivity contribution in [3.63, 3.8) is 0 Å². The third kappa shape index (κ3) is 8.71. The van der Waals surface area contributed by atoms with Crippen LogP contribution in [0.5, 0.6) is 11.5 Å². The Morgan fingerprint density at radius 1 is 0.925 bits per heavy atom. The summed E-state index contributed by atoms with van der Waals surface area (Å²) in [5.41, 5.74) is 6.74. The molecule has 0 radical (unpaired) electrons. The van der Waals surface area contributed by atoms with Crippen LogP contribution < -0.4 is 15.0 Å². The number of aromatic hydroxyl groups is 1. The number of nitrogens with one attached hydrogen (secondary N) is 1. The van der Waals surface area contributed by atoms with Crippen molar-refractivity contribution in [2.75, 3.05) is 57.3 Å². The zero-order valence-electron chi connectivity index (χ0n) is 30.4. The maximum atomic E-state index is 15.0. The van der Waals surface area contributed by atoms with E-state index in [4.69, 9.17) is 9.72 Å². The molecule has 4 heterocycles. The molecule has 2 fully saturated rings. The van der Waals surface area contributed by atoms with Crippen LogP contribution in [0.4, 0.5) is 14.6 Å². The molecule has 3 aliphatic rings. The SMILES string of the molecule is CC/C(=C(\c1ccc(O)cc1)c1ccc(OCC(F)(F)CCCN2CCN(c3ccc4c(n3)CN(C3CCCNC3)C4=O)CC2)cc1)c1ccccc1. The Kier molecular flexibility index (Phi) is 11.4. The summed E-state index contributed by atoms with van der Waals surface area (Å²) in [4.78, 5) is 24.4. The number of piperidine rings is 1. The van der Waals surface area contributed by atoms with Crippen molar-refractivity contribution in [3.8, 4) is 11.5 Å². The Labute approximate surface area is 311 Å². The molecule has 0 bridgehead atoms. The molecule has 3 aliphatic heterocycles. The molecule has 7 rings (SSSR count). The number of rotatable bonds is 13. The first-order valence-electron chi connectivity index (χ1n) is 19.0. The number of pyridine rings is 1. The Morgan fingerprint density at radius 2 is 1.64 bits per heavy atom. The van der Waals surface area contributed by atoms with Gasteiger partial charge in [-0.1, -0.05) is 61.5 Å². The van der Waals surface area contributed by atoms with Gasteiger partial charge in [0.25, 0.3) is 11.8 Å². The normalized spacial score (nSPS) is 18.5. The molecule has 278 valence electrons. The summed E-state index contributed by atoms with van der Waals surface area (Å²) < 4.78 is 35.7. The van der Waals surface area contributed by atoms with Crippen LogP contribution in [-0.2, 0) is 6.54 Å². The van der Waals surface area contributed by atoms with Crippen LogP contribution in [0.25, 0.3) is 11.1 Å². The van der Waals surface area contributed by atoms with E-state index in [9.17, 15) is 9.90 Å². The number of alkyl halides is 2. The van der Waals surface area contributed by atoms with E-state index in [0.717, 1.165) is 97.9 Å². The zero-order chi connectivity index (χ0) is 36.8. The van der Waals surface area contributed by atoms with E-state index in [2.05, 4.69) is 34.2 Å². The van der Waals surface area contributed by atoms with Crippen LogP contribution >= 0.6 is 0 Å². The van der Waals surface area contributed by atoms with E-state index in [1.165, 1.54) is 0 Å². The van der Waals surface area contributed by atoms with Crippen LogP contribution in [0.15, 0.2) is 91.0 Å². The van der Waals surface area contributed by atoms with Gasteiger partial charge >= 0.3 is 0 Å². The molecule has 1 aromatic heterocycles. The minimum atomic E-state index is -2.95. The fourth-order valence-electron chi connectivity index (χ4n) is 7.81. The number of fused-ring (bicyclic) bond motifs is 1. The Balaban J connectivity index is 0.890. The predicted octanol–water partition coefficient (Wildman–Crippen LogP) is 7.48. The number of ether oxygens (including phenoxy) is 1. The first kappa shape index (κ1) is 36.6. The van der Waals surface area contributed by atoms with Gasteiger partial charge in [-0.25, -0.2) is 13.8 Å². The molecule has 4 aromatic rings. The van der Waals surface area contributed by atoms with Crippen LogP contribution in [0.2, 0.25) is 0 Å². The number of piperazine rings is 1. The molecule has 1 unspecified atom stereocenters. The van der Waals surface area contributed by atoms with Crippen LogP contribution in [0, 0.1) is 0 Å². The summed E-state index contributed by atoms with van der Waals surface area (Å²) in [5.74, 6) is -1.40. The number of halogens is 2. The van der Waals surface area contributed by atoms with Gasteiger partial charge in [0.2, 0.25) is 0 Å². The largest absolute Gasteiger partial charge is 0.508 e. The van der Waals surface area contributed by atoms with Gasteiger partial charge in [-0.2, -0.15) is 0 Å². The maximum Gasteiger partial charge on any atom is 0.281 e. The van der Waals surface area contributed by atoms with Gasteiger partial charge < -0.3 is 25.0 Å². The Morgan fingerprint density at radius 3 is 2.32 bits per heavy atom. The quantitative estimate of drug-likeness (QED) is 0.139. The summed E-state index contributed by atoms with van der Waals surface area (Å²) in [5, 5.41) is 13.3. The van der Waals surface area contributed by atoms with E-state index >= 15 is 8.78 Å². The third-order valence-corrected chi connectivity index (χ3v) is 10.7. The van der Waals surface area contributed by atoms with E-state index in [0.29, 0.717) is 30.8 Å². The number of benzene rings is 3. The van der Waals surface area contributed by atoms with E-state index in [-0.39, 0.29) is 24.1 Å². The minimum Gasteiger partial charge on any atom is -0.508 e. The standard InChI is InChI=1S/C43H49F2N5O3/c1-2-37(31-8-4-3-5-9-31)41(32-11-15-35(51)16-12-32)33-13-17-36(18-14-33)53-30-43(44,45)21-7-23-48-24-26-49(27-25-48)40-20-19-38-39(47-40)29-50(42(38)52)34-10-6-22-46-28-34/h3-5,8-9,11-20,34,46,51H,2,6-7,10,21-30H2,1H3/b41-37-. The fraction of sp³-hybridized carbons (Fsp3) is 0.395. The van der Waals surface area contributed by atoms with Gasteiger partial charge in [0, 0.05) is 45.2 Å². The number of amides is 1. The van der Waals surface area contributed by atoms with E-state index in [1.54, 1.807) is 24.3 Å². The van der Waals surface area contributed by atoms with Gasteiger partial charge in [-0.3, -0.25) is 9.69 Å². The number of phenols is 1. The third-order valence-electron chi connectivity index (χ3n) is 10.7. The lowest BCUT2D eigenvalue weighted by Crippen LogP contribution is -2.47. The average Bonchev–Trinajstić information content (AvgIpc) is 3.53. The van der Waals surface area contributed by atoms with Crippen molar-refractivity contribution >= 4 is 22.9 Å². The van der Waals surface area contributed by atoms with Crippen LogP contribution in [-0.4, -0.2) is 90.2 Å². The number of aromatic nitrogens is 1. The molecule has 0 saturated carbocycles. The second-order valence-corrected chi connectivity index (χ2v) is 14.3. The molecule has 2 saturated heterocycles. The first-order valence-corrected chi connectivity index (χ1v) is 19.0. The van der Waals surface area contributed by atoms with Gasteiger partial charge in [-0.15, -0.1) is 0 Å². The molecule has 0 aliphatic carbocycles. The van der Waals surface area contributed by atoms with Gasteiger partial charge in [-0.05, 0) is 103 Å². The Bertz CT molecular complexity index is 1870. The number of hydrogen-bond acceptors (Lipinski definition) is 7. The number of phenolic OH excluding ortho intramolecular Hbond substituents is 1. The monoisotopic (exact) mass is 721 g/mol. The lowest BCUT2D eigenvalue weighted by molar-refractivity contribution is -0.0504. The second-order valence-electron chi connectivity index (χ2n) is 14.3. The first-order chi connectivity index (χ1) is 25.8. The van der Waals surface area contributed by atoms with Gasteiger partial charge in [0.1, 0.15) is 17.3 Å². The number of allylic oxidation sites excluding steroid dienone is 1. The molecule has 0 spiro atoms. The van der Waals surface area contributed by atoms with Gasteiger partial charge in [0.15, 0.2) is 6.61 Å². The molecular weight excluding hydrogens is 673 g/mol. The molecule has 2 N–H and O–H groups in total. The minimum absolute atomic E-state index is 0.0794. The molecule has 8 nitrogen and oxygen atoms in total. The Hall–Kier alpha value is -4.80. The number of nitrogens with zero attached hydrogens (tertiary/aromatic N) is 4. The van der Waals surface area contributed by atoms with Crippen LogP contribution in [0.1, 0.15) is 71.8 Å². The topological polar surface area (TPSA) is 81.2 Å². The van der Waals surface area contributed by atoms with Crippen LogP contribution in [0.3, 0.4) is 0 Å². The predicted molar refractivity (Wildman–Crippen MR) is 206 cm³/mol. The summed E-state index contributed by atoms with van der Waals surface area (Å²) in [6.07, 6.45) is 3.01. The highest BCUT2D eigenvalue weighted by atomic mass is 19.3. The molecule has 10 heteroatoms. The van der Waals surface area contributed by atoms with Crippen molar-refractivity contribution in [1.29, 1.82) is 0 Å². The highest BCUT2D eigenvalue weighted by Gasteiger charge is 2.35. The maximum absolute atomic E-state index is 15.0. The highest BCUT2D eigenvalue weighted by molar-refractivity contribution is 5.99. The van der Waals surface area contributed by atoms with Crippen molar-refractivity contribution in [2.24, 2.45) is 0 Å². The number of anilines is 1. The summed E-state index contributed by atoms with van der Waals surface area (Å²) >= 11 is 0. The molecule has 1 amide bonds. The molecule has 1 atom stereocenters. The molecule has 53 heavy (non-hydrogen) atoms. The number of carbonyl (C=O) groups is 1. The highest BCUT2D eigenvalue weighted by Crippen LogP contribution is 2.36. The van der Waals surface area contributed by atoms with Crippen molar-refractivity contribution in [2.45, 2.75) is 57.5 Å². The lowest BCUT2D eigenvalue weighted by atomic mass is 9.88. The summed E-state index contributed by atoms with van der Waals surface area (Å²) in [6.45, 7) is 7.52. The zero-order valence-corrected chi connectivity index (χ0v) is 30.4. The number of hydrogen-bond donors (Lipinski definition) is 2. The van der Waals surface area contributed by atoms with E-state index in [1.807, 2.05) is 59.5 Å².